The van der Waals surface area contributed by atoms with Crippen LogP contribution in [0.4, 0.5) is 5.69 Å². The lowest BCUT2D eigenvalue weighted by atomic mass is 9.98. The average Bonchev–Trinajstić information content (AvgIpc) is 3.42. The second kappa shape index (κ2) is 10.3. The minimum absolute atomic E-state index is 0.0282. The van der Waals surface area contributed by atoms with Crippen molar-refractivity contribution in [2.45, 2.75) is 18.4 Å². The quantitative estimate of drug-likeness (QED) is 0.154. The van der Waals surface area contributed by atoms with Gasteiger partial charge in [0.25, 0.3) is 15.8 Å². The molecule has 1 aromatic heterocycles. The van der Waals surface area contributed by atoms with Crippen LogP contribution < -0.4 is 0 Å². The minimum atomic E-state index is -3.87. The first-order valence-electron chi connectivity index (χ1n) is 11.5. The first kappa shape index (κ1) is 24.9. The van der Waals surface area contributed by atoms with Crippen LogP contribution in [0.1, 0.15) is 11.1 Å². The molecule has 0 spiro atoms. The van der Waals surface area contributed by atoms with E-state index >= 15 is 0 Å². The standard InChI is InChI=1S/C27H21N5O5S/c1-19-6-16-24(17-7-19)38(35,36)37-18-20-8-10-21(11-9-20)25-4-2-3-5-26(25)27-28-29-30-31(27)22-12-14-23(15-13-22)32(33)34/h2-17H,18H2,1H3. The second-order valence-corrected chi connectivity index (χ2v) is 10.1. The molecule has 0 fully saturated rings. The summed E-state index contributed by atoms with van der Waals surface area (Å²) in [5.74, 6) is 0.464. The van der Waals surface area contributed by atoms with Crippen LogP contribution in [-0.2, 0) is 20.9 Å². The Kier molecular flexibility index (Phi) is 6.77. The summed E-state index contributed by atoms with van der Waals surface area (Å²) in [6.45, 7) is 1.78. The monoisotopic (exact) mass is 527 g/mol. The lowest BCUT2D eigenvalue weighted by Crippen LogP contribution is -2.06. The van der Waals surface area contributed by atoms with E-state index in [0.717, 1.165) is 22.3 Å². The number of nitrogens with zero attached hydrogens (tertiary/aromatic N) is 5. The third kappa shape index (κ3) is 5.19. The van der Waals surface area contributed by atoms with Crippen LogP contribution in [0, 0.1) is 17.0 Å². The molecule has 0 amide bonds. The van der Waals surface area contributed by atoms with Gasteiger partial charge in [-0.3, -0.25) is 14.3 Å². The molecule has 0 aliphatic heterocycles. The third-order valence-electron chi connectivity index (χ3n) is 5.90. The van der Waals surface area contributed by atoms with Crippen molar-refractivity contribution in [3.63, 3.8) is 0 Å². The van der Waals surface area contributed by atoms with E-state index in [2.05, 4.69) is 15.5 Å². The van der Waals surface area contributed by atoms with E-state index in [1.54, 1.807) is 36.4 Å². The van der Waals surface area contributed by atoms with Gasteiger partial charge in [0.2, 0.25) is 0 Å². The maximum atomic E-state index is 12.5. The molecule has 0 unspecified atom stereocenters. The first-order valence-corrected chi connectivity index (χ1v) is 12.9. The predicted molar refractivity (Wildman–Crippen MR) is 140 cm³/mol. The molecule has 190 valence electrons. The van der Waals surface area contributed by atoms with Gasteiger partial charge in [0.15, 0.2) is 5.82 Å². The fourth-order valence-electron chi connectivity index (χ4n) is 3.87. The summed E-state index contributed by atoms with van der Waals surface area (Å²) in [7, 11) is -3.87. The van der Waals surface area contributed by atoms with Crippen molar-refractivity contribution in [2.24, 2.45) is 0 Å². The van der Waals surface area contributed by atoms with Gasteiger partial charge in [0, 0.05) is 17.7 Å². The van der Waals surface area contributed by atoms with Gasteiger partial charge in [-0.2, -0.15) is 13.1 Å². The fraction of sp³-hybridized carbons (Fsp3) is 0.0741. The molecule has 0 saturated heterocycles. The Labute approximate surface area is 218 Å². The van der Waals surface area contributed by atoms with Crippen molar-refractivity contribution in [1.82, 2.24) is 20.2 Å². The molecule has 0 saturated carbocycles. The van der Waals surface area contributed by atoms with E-state index in [-0.39, 0.29) is 17.2 Å². The zero-order valence-electron chi connectivity index (χ0n) is 20.1. The van der Waals surface area contributed by atoms with Gasteiger partial charge >= 0.3 is 0 Å². The highest BCUT2D eigenvalue weighted by atomic mass is 32.2. The Balaban J connectivity index is 1.39. The lowest BCUT2D eigenvalue weighted by Gasteiger charge is -2.11. The molecule has 0 bridgehead atoms. The van der Waals surface area contributed by atoms with Gasteiger partial charge in [-0.25, -0.2) is 0 Å². The fourth-order valence-corrected chi connectivity index (χ4v) is 4.77. The van der Waals surface area contributed by atoms with E-state index in [9.17, 15) is 18.5 Å². The molecule has 1 heterocycles. The van der Waals surface area contributed by atoms with Crippen LogP contribution in [0.3, 0.4) is 0 Å². The van der Waals surface area contributed by atoms with Gasteiger partial charge in [-0.15, -0.1) is 5.10 Å². The van der Waals surface area contributed by atoms with Crippen molar-refractivity contribution < 1.29 is 17.5 Å². The highest BCUT2D eigenvalue weighted by Gasteiger charge is 2.17. The molecular weight excluding hydrogens is 506 g/mol. The molecule has 0 aliphatic carbocycles. The Morgan fingerprint density at radius 2 is 1.53 bits per heavy atom. The number of benzene rings is 4. The smallest absolute Gasteiger partial charge is 0.262 e. The lowest BCUT2D eigenvalue weighted by molar-refractivity contribution is -0.384. The van der Waals surface area contributed by atoms with Gasteiger partial charge in [-0.1, -0.05) is 66.2 Å². The van der Waals surface area contributed by atoms with Crippen LogP contribution >= 0.6 is 0 Å². The van der Waals surface area contributed by atoms with Gasteiger partial charge < -0.3 is 0 Å². The van der Waals surface area contributed by atoms with E-state index < -0.39 is 15.0 Å². The van der Waals surface area contributed by atoms with Crippen molar-refractivity contribution in [3.05, 3.63) is 118 Å². The maximum absolute atomic E-state index is 12.5. The minimum Gasteiger partial charge on any atom is -0.262 e. The number of rotatable bonds is 8. The molecule has 38 heavy (non-hydrogen) atoms. The molecule has 0 radical (unpaired) electrons. The van der Waals surface area contributed by atoms with Crippen molar-refractivity contribution in [3.8, 4) is 28.2 Å². The second-order valence-electron chi connectivity index (χ2n) is 8.46. The zero-order valence-corrected chi connectivity index (χ0v) is 20.9. The van der Waals surface area contributed by atoms with E-state index in [0.29, 0.717) is 17.1 Å². The Morgan fingerprint density at radius 1 is 0.868 bits per heavy atom. The number of tetrazole rings is 1. The molecule has 10 nitrogen and oxygen atoms in total. The van der Waals surface area contributed by atoms with E-state index in [4.69, 9.17) is 4.18 Å². The summed E-state index contributed by atoms with van der Waals surface area (Å²) in [6.07, 6.45) is 0. The summed E-state index contributed by atoms with van der Waals surface area (Å²) in [5.41, 5.74) is 4.67. The number of hydrogen-bond donors (Lipinski definition) is 0. The highest BCUT2D eigenvalue weighted by molar-refractivity contribution is 7.86. The van der Waals surface area contributed by atoms with Crippen molar-refractivity contribution >= 4 is 15.8 Å². The van der Waals surface area contributed by atoms with E-state index in [1.165, 1.54) is 28.9 Å². The Bertz CT molecular complexity index is 1700. The van der Waals surface area contributed by atoms with Gasteiger partial charge in [0.1, 0.15) is 0 Å². The summed E-state index contributed by atoms with van der Waals surface area (Å²) >= 11 is 0. The van der Waals surface area contributed by atoms with Crippen LogP contribution in [0.5, 0.6) is 0 Å². The molecule has 0 atom stereocenters. The molecule has 5 rings (SSSR count). The number of nitro benzene ring substituents is 1. The largest absolute Gasteiger partial charge is 0.297 e. The normalized spacial score (nSPS) is 11.4. The average molecular weight is 528 g/mol. The molecule has 0 aliphatic rings. The maximum Gasteiger partial charge on any atom is 0.297 e. The summed E-state index contributed by atoms with van der Waals surface area (Å²) in [5, 5.41) is 23.1. The van der Waals surface area contributed by atoms with Crippen LogP contribution in [0.15, 0.2) is 102 Å². The van der Waals surface area contributed by atoms with Crippen molar-refractivity contribution in [1.29, 1.82) is 0 Å². The summed E-state index contributed by atoms with van der Waals surface area (Å²) in [4.78, 5) is 10.6. The topological polar surface area (TPSA) is 130 Å². The number of nitro groups is 1. The van der Waals surface area contributed by atoms with E-state index in [1.807, 2.05) is 43.3 Å². The molecule has 0 N–H and O–H groups in total. The molecule has 5 aromatic rings. The summed E-state index contributed by atoms with van der Waals surface area (Å²) in [6, 6.07) is 27.4. The number of non-ortho nitro benzene ring substituents is 1. The van der Waals surface area contributed by atoms with Crippen LogP contribution in [-0.4, -0.2) is 33.5 Å². The molecular formula is C27H21N5O5S. The SMILES string of the molecule is Cc1ccc(S(=O)(=O)OCc2ccc(-c3ccccc3-c3nnnn3-c3ccc([N+](=O)[O-])cc3)cc2)cc1. The number of aromatic nitrogens is 4. The summed E-state index contributed by atoms with van der Waals surface area (Å²) < 4.78 is 31.8. The van der Waals surface area contributed by atoms with Crippen molar-refractivity contribution in [2.75, 3.05) is 0 Å². The predicted octanol–water partition coefficient (Wildman–Crippen LogP) is 5.12. The molecule has 4 aromatic carbocycles. The van der Waals surface area contributed by atoms with Gasteiger partial charge in [-0.05, 0) is 58.3 Å². The number of hydrogen-bond acceptors (Lipinski definition) is 8. The van der Waals surface area contributed by atoms with Gasteiger partial charge in [0.05, 0.1) is 22.1 Å². The highest BCUT2D eigenvalue weighted by Crippen LogP contribution is 2.32. The zero-order chi connectivity index (χ0) is 26.7. The Hall–Kier alpha value is -4.74. The first-order chi connectivity index (χ1) is 18.3. The van der Waals surface area contributed by atoms with Crippen LogP contribution in [0.25, 0.3) is 28.2 Å². The molecule has 11 heteroatoms. The Morgan fingerprint density at radius 3 is 2.18 bits per heavy atom. The third-order valence-corrected chi connectivity index (χ3v) is 7.18. The number of aryl methyl sites for hydroxylation is 1. The van der Waals surface area contributed by atoms with Crippen LogP contribution in [0.2, 0.25) is 0 Å².